The van der Waals surface area contributed by atoms with Gasteiger partial charge in [-0.25, -0.2) is 0 Å². The maximum atomic E-state index is 15.1. The zero-order valence-electron chi connectivity index (χ0n) is 22.4. The van der Waals surface area contributed by atoms with Crippen LogP contribution in [0.15, 0.2) is 30.3 Å². The summed E-state index contributed by atoms with van der Waals surface area (Å²) in [4.78, 5) is 15.2. The predicted molar refractivity (Wildman–Crippen MR) is 141 cm³/mol. The minimum atomic E-state index is -3.42. The Bertz CT molecular complexity index is 1420. The number of carbonyl (C=O) groups excluding carboxylic acids is 1. The Kier molecular flexibility index (Phi) is 5.64. The van der Waals surface area contributed by atoms with Gasteiger partial charge in [-0.15, -0.1) is 5.10 Å². The maximum Gasteiger partial charge on any atom is 0.300 e. The van der Waals surface area contributed by atoms with Gasteiger partial charge in [-0.1, -0.05) is 18.2 Å². The van der Waals surface area contributed by atoms with E-state index in [1.165, 1.54) is 6.07 Å². The van der Waals surface area contributed by atoms with Crippen molar-refractivity contribution in [3.63, 3.8) is 0 Å². The number of fused-ring (bicyclic) bond motifs is 2. The molecule has 2 aliphatic rings. The van der Waals surface area contributed by atoms with Gasteiger partial charge in [0.05, 0.1) is 17.2 Å². The molecule has 0 saturated heterocycles. The smallest absolute Gasteiger partial charge is 0.300 e. The molecule has 0 spiro atoms. The molecule has 0 radical (unpaired) electrons. The molecular formula is C29H34F2N4O2. The molecule has 2 aromatic carbocycles. The summed E-state index contributed by atoms with van der Waals surface area (Å²) in [5, 5.41) is 24.0. The molecule has 6 nitrogen and oxygen atoms in total. The van der Waals surface area contributed by atoms with E-state index in [4.69, 9.17) is 0 Å². The third-order valence-electron chi connectivity index (χ3n) is 7.98. The van der Waals surface area contributed by atoms with Crippen molar-refractivity contribution >= 4 is 28.2 Å². The average Bonchev–Trinajstić information content (AvgIpc) is 3.62. The number of aryl methyl sites for hydroxylation is 1. The Labute approximate surface area is 216 Å². The van der Waals surface area contributed by atoms with Crippen LogP contribution in [-0.2, 0) is 16.1 Å². The van der Waals surface area contributed by atoms with Gasteiger partial charge in [0.1, 0.15) is 5.60 Å². The molecule has 0 bridgehead atoms. The quantitative estimate of drug-likeness (QED) is 0.423. The molecule has 2 heterocycles. The number of hydrogen-bond acceptors (Lipinski definition) is 5. The molecule has 3 aromatic rings. The molecule has 5 rings (SSSR count). The number of nitrogens with zero attached hydrogens (tertiary/aromatic N) is 3. The van der Waals surface area contributed by atoms with Gasteiger partial charge in [-0.2, -0.15) is 13.9 Å². The van der Waals surface area contributed by atoms with Gasteiger partial charge >= 0.3 is 5.92 Å². The van der Waals surface area contributed by atoms with Crippen LogP contribution in [0.1, 0.15) is 81.4 Å². The van der Waals surface area contributed by atoms with E-state index in [0.29, 0.717) is 16.9 Å². The maximum absolute atomic E-state index is 15.1. The van der Waals surface area contributed by atoms with Crippen molar-refractivity contribution in [1.29, 1.82) is 0 Å². The van der Waals surface area contributed by atoms with Gasteiger partial charge in [0, 0.05) is 28.1 Å². The van der Waals surface area contributed by atoms with Gasteiger partial charge in [0.25, 0.3) is 0 Å². The van der Waals surface area contributed by atoms with E-state index in [2.05, 4.69) is 21.6 Å². The Hall–Kier alpha value is -3.13. The second-order valence-corrected chi connectivity index (χ2v) is 11.6. The molecule has 8 heteroatoms. The van der Waals surface area contributed by atoms with Crippen LogP contribution in [0.5, 0.6) is 0 Å². The number of halogens is 2. The number of alkyl halides is 2. The Morgan fingerprint density at radius 1 is 1.14 bits per heavy atom. The average molecular weight is 509 g/mol. The summed E-state index contributed by atoms with van der Waals surface area (Å²) >= 11 is 0. The lowest BCUT2D eigenvalue weighted by molar-refractivity contribution is -0.168. The molecule has 1 aliphatic heterocycles. The first-order chi connectivity index (χ1) is 17.2. The number of amides is 1. The van der Waals surface area contributed by atoms with Crippen LogP contribution in [0.3, 0.4) is 0 Å². The molecule has 2 N–H and O–H groups in total. The first-order valence-corrected chi connectivity index (χ1v) is 12.8. The van der Waals surface area contributed by atoms with Gasteiger partial charge in [0.15, 0.2) is 5.82 Å². The number of aromatic nitrogens is 2. The van der Waals surface area contributed by atoms with Crippen molar-refractivity contribution < 1.29 is 18.7 Å². The topological polar surface area (TPSA) is 78.4 Å². The summed E-state index contributed by atoms with van der Waals surface area (Å²) in [6.07, 6.45) is 2.00. The highest BCUT2D eigenvalue weighted by atomic mass is 19.3. The fourth-order valence-electron chi connectivity index (χ4n) is 5.42. The third kappa shape index (κ3) is 3.88. The van der Waals surface area contributed by atoms with Gasteiger partial charge < -0.3 is 15.3 Å². The van der Waals surface area contributed by atoms with Crippen molar-refractivity contribution in [2.75, 3.05) is 10.2 Å². The largest absolute Gasteiger partial charge is 0.384 e. The lowest BCUT2D eigenvalue weighted by atomic mass is 9.85. The van der Waals surface area contributed by atoms with E-state index >= 15 is 8.78 Å². The number of benzene rings is 2. The second-order valence-electron chi connectivity index (χ2n) is 11.6. The highest BCUT2D eigenvalue weighted by Gasteiger charge is 2.50. The van der Waals surface area contributed by atoms with Crippen LogP contribution in [0, 0.1) is 13.8 Å². The monoisotopic (exact) mass is 508 g/mol. The van der Waals surface area contributed by atoms with Crippen molar-refractivity contribution in [3.8, 4) is 0 Å². The number of carbonyl (C=O) groups is 1. The second kappa shape index (κ2) is 8.18. The fraction of sp³-hybridized carbons (Fsp3) is 0.483. The normalized spacial score (nSPS) is 18.3. The third-order valence-corrected chi connectivity index (χ3v) is 7.98. The first-order valence-electron chi connectivity index (χ1n) is 12.8. The molecule has 37 heavy (non-hydrogen) atoms. The highest BCUT2D eigenvalue weighted by molar-refractivity contribution is 6.11. The summed E-state index contributed by atoms with van der Waals surface area (Å²) in [6, 6.07) is 8.69. The summed E-state index contributed by atoms with van der Waals surface area (Å²) in [5.74, 6) is -2.78. The van der Waals surface area contributed by atoms with E-state index in [-0.39, 0.29) is 23.6 Å². The van der Waals surface area contributed by atoms with Crippen LogP contribution in [0.25, 0.3) is 10.8 Å². The molecular weight excluding hydrogens is 474 g/mol. The minimum absolute atomic E-state index is 0.113. The Morgan fingerprint density at radius 3 is 2.43 bits per heavy atom. The molecule has 1 atom stereocenters. The zero-order valence-corrected chi connectivity index (χ0v) is 22.4. The number of aliphatic hydroxyl groups is 1. The van der Waals surface area contributed by atoms with Gasteiger partial charge in [0.2, 0.25) is 5.91 Å². The van der Waals surface area contributed by atoms with E-state index < -0.39 is 16.9 Å². The molecule has 1 fully saturated rings. The van der Waals surface area contributed by atoms with E-state index in [1.807, 2.05) is 38.7 Å². The Morgan fingerprint density at radius 2 is 1.81 bits per heavy atom. The van der Waals surface area contributed by atoms with Crippen molar-refractivity contribution in [2.45, 2.75) is 90.3 Å². The number of rotatable bonds is 6. The highest BCUT2D eigenvalue weighted by Crippen LogP contribution is 2.49. The SMILES string of the molecule is Cc1c([C@@H](C)Nc2nnc(C)c3cc4c(cc23)N(C2CC2)C(=O)C4(C)C)cccc1C(F)(F)C(C)(C)O. The minimum Gasteiger partial charge on any atom is -0.384 e. The van der Waals surface area contributed by atoms with Crippen LogP contribution < -0.4 is 10.2 Å². The number of anilines is 2. The molecule has 1 saturated carbocycles. The predicted octanol–water partition coefficient (Wildman–Crippen LogP) is 6.07. The number of nitrogens with one attached hydrogen (secondary N) is 1. The lowest BCUT2D eigenvalue weighted by Crippen LogP contribution is -2.40. The molecule has 1 amide bonds. The van der Waals surface area contributed by atoms with Crippen LogP contribution >= 0.6 is 0 Å². The summed E-state index contributed by atoms with van der Waals surface area (Å²) in [5.41, 5.74) is 0.717. The molecule has 196 valence electrons. The van der Waals surface area contributed by atoms with Crippen molar-refractivity contribution in [1.82, 2.24) is 10.2 Å². The molecule has 1 aromatic heterocycles. The summed E-state index contributed by atoms with van der Waals surface area (Å²) in [7, 11) is 0. The van der Waals surface area contributed by atoms with Gasteiger partial charge in [-0.3, -0.25) is 4.79 Å². The zero-order chi connectivity index (χ0) is 27.1. The number of hydrogen-bond donors (Lipinski definition) is 2. The van der Waals surface area contributed by atoms with Gasteiger partial charge in [-0.05, 0) is 90.1 Å². The summed E-state index contributed by atoms with van der Waals surface area (Å²) in [6.45, 7) is 11.6. The van der Waals surface area contributed by atoms with Crippen LogP contribution in [-0.4, -0.2) is 32.9 Å². The fourth-order valence-corrected chi connectivity index (χ4v) is 5.42. The van der Waals surface area contributed by atoms with Crippen molar-refractivity contribution in [3.05, 3.63) is 58.3 Å². The molecule has 0 unspecified atom stereocenters. The standard InChI is InChI=1S/C29H34F2N4O2/c1-15-19(9-8-10-22(15)29(30,31)28(6,7)37)16(2)32-25-21-14-24-23(13-20(21)17(3)33-34-25)27(4,5)26(36)35(24)18-11-12-18/h8-10,13-14,16,18,37H,11-12H2,1-7H3,(H,32,34)/t16-/m1/s1. The van der Waals surface area contributed by atoms with Crippen LogP contribution in [0.4, 0.5) is 20.3 Å². The van der Waals surface area contributed by atoms with Crippen molar-refractivity contribution in [2.24, 2.45) is 0 Å². The Balaban J connectivity index is 1.58. The summed E-state index contributed by atoms with van der Waals surface area (Å²) < 4.78 is 30.1. The first kappa shape index (κ1) is 25.5. The van der Waals surface area contributed by atoms with Crippen LogP contribution in [0.2, 0.25) is 0 Å². The lowest BCUT2D eigenvalue weighted by Gasteiger charge is -2.31. The van der Waals surface area contributed by atoms with E-state index in [0.717, 1.165) is 54.4 Å². The van der Waals surface area contributed by atoms with E-state index in [1.54, 1.807) is 19.1 Å². The molecule has 1 aliphatic carbocycles. The van der Waals surface area contributed by atoms with E-state index in [9.17, 15) is 9.90 Å².